The van der Waals surface area contributed by atoms with Crippen LogP contribution in [0.4, 0.5) is 0 Å². The SMILES string of the molecule is C[Si](C)(C)c1cccc2c1[se]c1ccc(-n3c4ccccc4c4c5c6ccccc6n(-c6nc(-c7ccccc7)c(C#N)c(-c7ccccc7)n6)c5ccc43)cc12. The van der Waals surface area contributed by atoms with Crippen LogP contribution in [-0.2, 0) is 0 Å². The molecule has 0 saturated heterocycles. The number of rotatable bonds is 5. The van der Waals surface area contributed by atoms with Gasteiger partial charge < -0.3 is 0 Å². The Balaban J connectivity index is 1.21. The molecule has 4 aromatic heterocycles. The molecule has 0 aliphatic carbocycles. The zero-order valence-electron chi connectivity index (χ0n) is 31.7. The van der Waals surface area contributed by atoms with Crippen LogP contribution in [-0.4, -0.2) is 41.7 Å². The summed E-state index contributed by atoms with van der Waals surface area (Å²) >= 11 is 0.295. The summed E-state index contributed by atoms with van der Waals surface area (Å²) in [4.78, 5) is 10.5. The van der Waals surface area contributed by atoms with Crippen LogP contribution in [0.15, 0.2) is 158 Å². The fraction of sp³-hybridized carbons (Fsp3) is 0.0600. The van der Waals surface area contributed by atoms with Crippen molar-refractivity contribution in [2.24, 2.45) is 0 Å². The molecule has 11 rings (SSSR count). The molecule has 270 valence electrons. The Bertz CT molecular complexity index is 3390. The maximum absolute atomic E-state index is 10.6. The van der Waals surface area contributed by atoms with Crippen molar-refractivity contribution in [2.45, 2.75) is 19.6 Å². The van der Waals surface area contributed by atoms with Crippen molar-refractivity contribution < 1.29 is 0 Å². The van der Waals surface area contributed by atoms with Crippen LogP contribution in [0.3, 0.4) is 0 Å². The van der Waals surface area contributed by atoms with Crippen LogP contribution >= 0.6 is 0 Å². The van der Waals surface area contributed by atoms with E-state index >= 15 is 0 Å². The van der Waals surface area contributed by atoms with Crippen LogP contribution in [0.5, 0.6) is 0 Å². The average molecular weight is 813 g/mol. The van der Waals surface area contributed by atoms with Gasteiger partial charge in [0.15, 0.2) is 0 Å². The summed E-state index contributed by atoms with van der Waals surface area (Å²) in [6.45, 7) is 7.38. The number of fused-ring (bicyclic) bond motifs is 10. The second-order valence-electron chi connectivity index (χ2n) is 15.7. The van der Waals surface area contributed by atoms with Gasteiger partial charge in [-0.1, -0.05) is 60.7 Å². The van der Waals surface area contributed by atoms with E-state index in [4.69, 9.17) is 9.97 Å². The van der Waals surface area contributed by atoms with Gasteiger partial charge in [0.05, 0.1) is 11.4 Å². The van der Waals surface area contributed by atoms with Gasteiger partial charge in [-0.3, -0.25) is 0 Å². The van der Waals surface area contributed by atoms with E-state index < -0.39 is 8.07 Å². The second-order valence-corrected chi connectivity index (χ2v) is 23.0. The van der Waals surface area contributed by atoms with Crippen molar-refractivity contribution in [2.75, 3.05) is 0 Å². The molecule has 11 aromatic rings. The third-order valence-corrected chi connectivity index (χ3v) is 16.3. The molecule has 0 amide bonds. The molecule has 7 heteroatoms. The van der Waals surface area contributed by atoms with Gasteiger partial charge in [0, 0.05) is 11.1 Å². The molecule has 7 aromatic carbocycles. The number of nitrogens with zero attached hydrogens (tertiary/aromatic N) is 5. The first-order chi connectivity index (χ1) is 27.9. The molecule has 0 N–H and O–H groups in total. The third-order valence-electron chi connectivity index (χ3n) is 11.3. The van der Waals surface area contributed by atoms with E-state index in [-0.39, 0.29) is 0 Å². The summed E-state index contributed by atoms with van der Waals surface area (Å²) in [6, 6.07) is 58.3. The number of aromatic nitrogens is 4. The summed E-state index contributed by atoms with van der Waals surface area (Å²) in [7, 11) is -1.50. The number of hydrogen-bond donors (Lipinski definition) is 0. The van der Waals surface area contributed by atoms with Crippen molar-refractivity contribution in [1.82, 2.24) is 19.1 Å². The van der Waals surface area contributed by atoms with E-state index in [0.717, 1.165) is 38.4 Å². The predicted octanol–water partition coefficient (Wildman–Crippen LogP) is 11.8. The molecule has 57 heavy (non-hydrogen) atoms. The standard InChI is InChI=1S/C50H35N5SeSi/c1-57(2,3)44-24-14-21-34-37-29-33(25-28-43(37)56-49(34)44)54-39-22-12-10-19-35(39)45-41(54)26-27-42-46(45)36-20-11-13-23-40(36)55(42)50-52-47(31-15-6-4-7-16-31)38(30-51)48(53-50)32-17-8-5-9-18-32/h4-29H,1-3H3. The molecular formula is C50H35N5SeSi. The summed E-state index contributed by atoms with van der Waals surface area (Å²) in [6.07, 6.45) is 0. The number of nitriles is 1. The Labute approximate surface area is 336 Å². The Morgan fingerprint density at radius 2 is 1.07 bits per heavy atom. The number of benzene rings is 7. The minimum atomic E-state index is -1.50. The van der Waals surface area contributed by atoms with E-state index in [1.807, 2.05) is 60.7 Å². The molecule has 0 radical (unpaired) electrons. The van der Waals surface area contributed by atoms with Gasteiger partial charge in [-0.25, -0.2) is 0 Å². The maximum atomic E-state index is 10.6. The van der Waals surface area contributed by atoms with Gasteiger partial charge in [-0.05, 0) is 0 Å². The van der Waals surface area contributed by atoms with E-state index in [9.17, 15) is 5.26 Å². The molecule has 0 spiro atoms. The van der Waals surface area contributed by atoms with Gasteiger partial charge >= 0.3 is 238 Å². The van der Waals surface area contributed by atoms with Gasteiger partial charge in [0.25, 0.3) is 0 Å². The molecule has 0 aliphatic rings. The van der Waals surface area contributed by atoms with Gasteiger partial charge in [-0.2, -0.15) is 5.26 Å². The predicted molar refractivity (Wildman–Crippen MR) is 241 cm³/mol. The Kier molecular flexibility index (Phi) is 7.54. The number of hydrogen-bond acceptors (Lipinski definition) is 3. The minimum absolute atomic E-state index is 0.295. The van der Waals surface area contributed by atoms with E-state index in [2.05, 4.69) is 132 Å². The van der Waals surface area contributed by atoms with Crippen LogP contribution in [0.1, 0.15) is 5.56 Å². The normalized spacial score (nSPS) is 12.1. The Morgan fingerprint density at radius 1 is 0.526 bits per heavy atom. The first-order valence-electron chi connectivity index (χ1n) is 19.2. The molecule has 0 unspecified atom stereocenters. The van der Waals surface area contributed by atoms with E-state index in [0.29, 0.717) is 37.4 Å². The molecule has 5 nitrogen and oxygen atoms in total. The molecule has 0 saturated carbocycles. The van der Waals surface area contributed by atoms with Crippen LogP contribution in [0, 0.1) is 11.3 Å². The fourth-order valence-corrected chi connectivity index (χ4v) is 14.7. The van der Waals surface area contributed by atoms with E-state index in [1.165, 1.54) is 37.0 Å². The van der Waals surface area contributed by atoms with Crippen LogP contribution < -0.4 is 5.19 Å². The van der Waals surface area contributed by atoms with Crippen molar-refractivity contribution >= 4 is 90.7 Å². The van der Waals surface area contributed by atoms with Crippen LogP contribution in [0.2, 0.25) is 19.6 Å². The Morgan fingerprint density at radius 3 is 1.67 bits per heavy atom. The Hall–Kier alpha value is -6.55. The van der Waals surface area contributed by atoms with Gasteiger partial charge in [-0.15, -0.1) is 0 Å². The first-order valence-corrected chi connectivity index (χ1v) is 24.4. The zero-order valence-corrected chi connectivity index (χ0v) is 34.4. The molecule has 0 aliphatic heterocycles. The van der Waals surface area contributed by atoms with Crippen molar-refractivity contribution in [3.05, 3.63) is 163 Å². The molecule has 0 bridgehead atoms. The summed E-state index contributed by atoms with van der Waals surface area (Å²) in [5.41, 5.74) is 8.94. The van der Waals surface area contributed by atoms with Crippen molar-refractivity contribution in [3.8, 4) is 40.2 Å². The molecular weight excluding hydrogens is 778 g/mol. The second kappa shape index (κ2) is 12.7. The fourth-order valence-electron chi connectivity index (χ4n) is 8.79. The van der Waals surface area contributed by atoms with Gasteiger partial charge in [0.1, 0.15) is 11.6 Å². The zero-order chi connectivity index (χ0) is 38.4. The summed E-state index contributed by atoms with van der Waals surface area (Å²) in [5.74, 6) is 0.526. The van der Waals surface area contributed by atoms with Crippen molar-refractivity contribution in [1.29, 1.82) is 5.26 Å². The monoisotopic (exact) mass is 813 g/mol. The summed E-state index contributed by atoms with van der Waals surface area (Å²) < 4.78 is 7.67. The third kappa shape index (κ3) is 5.12. The topological polar surface area (TPSA) is 59.4 Å². The molecule has 0 atom stereocenters. The molecule has 0 fully saturated rings. The van der Waals surface area contributed by atoms with E-state index in [1.54, 1.807) is 9.45 Å². The summed E-state index contributed by atoms with van der Waals surface area (Å²) in [5, 5.41) is 19.7. The first kappa shape index (κ1) is 33.8. The van der Waals surface area contributed by atoms with Gasteiger partial charge in [0.2, 0.25) is 0 Å². The quantitative estimate of drug-likeness (QED) is 0.163. The van der Waals surface area contributed by atoms with Crippen molar-refractivity contribution in [3.63, 3.8) is 0 Å². The van der Waals surface area contributed by atoms with Crippen LogP contribution in [0.25, 0.3) is 97.1 Å². The average Bonchev–Trinajstić information content (AvgIpc) is 3.90. The molecule has 4 heterocycles. The number of para-hydroxylation sites is 2.